The maximum atomic E-state index is 6.09. The Morgan fingerprint density at radius 3 is 2.73 bits per heavy atom. The second-order valence-corrected chi connectivity index (χ2v) is 4.19. The van der Waals surface area contributed by atoms with Crippen molar-refractivity contribution in [2.75, 3.05) is 27.2 Å². The van der Waals surface area contributed by atoms with Gasteiger partial charge in [0.25, 0.3) is 0 Å². The molecule has 1 N–H and O–H groups in total. The topological polar surface area (TPSA) is 15.3 Å². The van der Waals surface area contributed by atoms with E-state index in [4.69, 9.17) is 11.6 Å². The minimum absolute atomic E-state index is 0.859. The van der Waals surface area contributed by atoms with Gasteiger partial charge in [-0.05, 0) is 45.2 Å². The molecule has 1 aromatic rings. The van der Waals surface area contributed by atoms with Crippen molar-refractivity contribution in [1.29, 1.82) is 0 Å². The minimum atomic E-state index is 0.859. The van der Waals surface area contributed by atoms with Gasteiger partial charge >= 0.3 is 0 Å². The molecular formula is C12H19ClN2. The third-order valence-electron chi connectivity index (χ3n) is 2.36. The first-order chi connectivity index (χ1) is 7.24. The zero-order valence-corrected chi connectivity index (χ0v) is 10.2. The largest absolute Gasteiger partial charge is 0.320 e. The molecule has 15 heavy (non-hydrogen) atoms. The molecule has 2 nitrogen and oxygen atoms in total. The van der Waals surface area contributed by atoms with E-state index >= 15 is 0 Å². The highest BCUT2D eigenvalue weighted by molar-refractivity contribution is 6.31. The molecular weight excluding hydrogens is 208 g/mol. The first kappa shape index (κ1) is 12.5. The molecule has 0 bridgehead atoms. The van der Waals surface area contributed by atoms with Gasteiger partial charge in [-0.25, -0.2) is 0 Å². The standard InChI is InChI=1S/C12H19ClN2/c1-14-8-5-9-15(2)10-11-6-3-4-7-12(11)13/h3-4,6-7,14H,5,8-10H2,1-2H3. The summed E-state index contributed by atoms with van der Waals surface area (Å²) in [4.78, 5) is 2.29. The number of halogens is 1. The van der Waals surface area contributed by atoms with Crippen molar-refractivity contribution in [2.45, 2.75) is 13.0 Å². The highest BCUT2D eigenvalue weighted by atomic mass is 35.5. The van der Waals surface area contributed by atoms with E-state index in [1.807, 2.05) is 25.2 Å². The molecule has 0 amide bonds. The van der Waals surface area contributed by atoms with Crippen LogP contribution in [0.5, 0.6) is 0 Å². The predicted molar refractivity (Wildman–Crippen MR) is 66.3 cm³/mol. The molecule has 0 aliphatic heterocycles. The lowest BCUT2D eigenvalue weighted by Crippen LogP contribution is -2.22. The van der Waals surface area contributed by atoms with Crippen molar-refractivity contribution in [1.82, 2.24) is 10.2 Å². The van der Waals surface area contributed by atoms with Gasteiger partial charge in [-0.3, -0.25) is 0 Å². The average molecular weight is 227 g/mol. The summed E-state index contributed by atoms with van der Waals surface area (Å²) >= 11 is 6.09. The molecule has 0 aromatic heterocycles. The van der Waals surface area contributed by atoms with Gasteiger partial charge in [0.2, 0.25) is 0 Å². The van der Waals surface area contributed by atoms with Crippen LogP contribution in [0.4, 0.5) is 0 Å². The van der Waals surface area contributed by atoms with Gasteiger partial charge in [-0.2, -0.15) is 0 Å². The van der Waals surface area contributed by atoms with Gasteiger partial charge in [0.05, 0.1) is 0 Å². The minimum Gasteiger partial charge on any atom is -0.320 e. The van der Waals surface area contributed by atoms with Gasteiger partial charge < -0.3 is 10.2 Å². The maximum absolute atomic E-state index is 6.09. The summed E-state index contributed by atoms with van der Waals surface area (Å²) in [5, 5.41) is 4.00. The highest BCUT2D eigenvalue weighted by Crippen LogP contribution is 2.16. The molecule has 1 aromatic carbocycles. The van der Waals surface area contributed by atoms with Crippen LogP contribution < -0.4 is 5.32 Å². The van der Waals surface area contributed by atoms with Crippen LogP contribution >= 0.6 is 11.6 Å². The molecule has 0 saturated heterocycles. The maximum Gasteiger partial charge on any atom is 0.0451 e. The van der Waals surface area contributed by atoms with E-state index < -0.39 is 0 Å². The molecule has 0 unspecified atom stereocenters. The Hall–Kier alpha value is -0.570. The van der Waals surface area contributed by atoms with Crippen LogP contribution in [0.2, 0.25) is 5.02 Å². The Morgan fingerprint density at radius 1 is 1.33 bits per heavy atom. The van der Waals surface area contributed by atoms with Crippen LogP contribution in [0.15, 0.2) is 24.3 Å². The normalized spacial score (nSPS) is 10.9. The Morgan fingerprint density at radius 2 is 2.07 bits per heavy atom. The van der Waals surface area contributed by atoms with Crippen molar-refractivity contribution in [3.63, 3.8) is 0 Å². The molecule has 3 heteroatoms. The number of rotatable bonds is 6. The van der Waals surface area contributed by atoms with E-state index in [0.717, 1.165) is 31.1 Å². The molecule has 0 spiro atoms. The van der Waals surface area contributed by atoms with Gasteiger partial charge in [-0.1, -0.05) is 29.8 Å². The Kier molecular flexibility index (Phi) is 5.69. The van der Waals surface area contributed by atoms with Crippen molar-refractivity contribution < 1.29 is 0 Å². The summed E-state index contributed by atoms with van der Waals surface area (Å²) in [5.41, 5.74) is 1.20. The first-order valence-electron chi connectivity index (χ1n) is 5.30. The number of hydrogen-bond acceptors (Lipinski definition) is 2. The fraction of sp³-hybridized carbons (Fsp3) is 0.500. The summed E-state index contributed by atoms with van der Waals surface area (Å²) in [6.07, 6.45) is 1.16. The van der Waals surface area contributed by atoms with Crippen LogP contribution in [-0.2, 0) is 6.54 Å². The fourth-order valence-electron chi connectivity index (χ4n) is 1.52. The second-order valence-electron chi connectivity index (χ2n) is 3.79. The Bertz CT molecular complexity index is 289. The molecule has 1 rings (SSSR count). The molecule has 0 aliphatic rings. The van der Waals surface area contributed by atoms with E-state index in [1.165, 1.54) is 5.56 Å². The van der Waals surface area contributed by atoms with E-state index in [-0.39, 0.29) is 0 Å². The molecule has 0 heterocycles. The molecule has 0 saturated carbocycles. The number of hydrogen-bond donors (Lipinski definition) is 1. The lowest BCUT2D eigenvalue weighted by molar-refractivity contribution is 0.321. The Labute approximate surface area is 97.2 Å². The Balaban J connectivity index is 2.37. The first-order valence-corrected chi connectivity index (χ1v) is 5.68. The third-order valence-corrected chi connectivity index (χ3v) is 2.73. The zero-order chi connectivity index (χ0) is 11.1. The smallest absolute Gasteiger partial charge is 0.0451 e. The van der Waals surface area contributed by atoms with Crippen LogP contribution in [0, 0.1) is 0 Å². The molecule has 84 valence electrons. The number of benzene rings is 1. The van der Waals surface area contributed by atoms with E-state index in [1.54, 1.807) is 0 Å². The fourth-order valence-corrected chi connectivity index (χ4v) is 1.72. The lowest BCUT2D eigenvalue weighted by atomic mass is 10.2. The SMILES string of the molecule is CNCCCN(C)Cc1ccccc1Cl. The highest BCUT2D eigenvalue weighted by Gasteiger charge is 2.02. The van der Waals surface area contributed by atoms with Crippen molar-refractivity contribution in [3.05, 3.63) is 34.9 Å². The van der Waals surface area contributed by atoms with E-state index in [2.05, 4.69) is 23.3 Å². The van der Waals surface area contributed by atoms with Crippen molar-refractivity contribution in [2.24, 2.45) is 0 Å². The molecule has 0 atom stereocenters. The van der Waals surface area contributed by atoms with Gasteiger partial charge in [-0.15, -0.1) is 0 Å². The summed E-state index contributed by atoms with van der Waals surface area (Å²) in [7, 11) is 4.10. The van der Waals surface area contributed by atoms with E-state index in [9.17, 15) is 0 Å². The van der Waals surface area contributed by atoms with Gasteiger partial charge in [0.1, 0.15) is 0 Å². The molecule has 0 aliphatic carbocycles. The molecule has 0 fully saturated rings. The van der Waals surface area contributed by atoms with Crippen LogP contribution in [0.3, 0.4) is 0 Å². The predicted octanol–water partition coefficient (Wildman–Crippen LogP) is 2.38. The summed E-state index contributed by atoms with van der Waals surface area (Å²) < 4.78 is 0. The molecule has 0 radical (unpaired) electrons. The average Bonchev–Trinajstić information content (AvgIpc) is 2.22. The summed E-state index contributed by atoms with van der Waals surface area (Å²) in [6, 6.07) is 8.02. The second kappa shape index (κ2) is 6.83. The van der Waals surface area contributed by atoms with Crippen LogP contribution in [0.1, 0.15) is 12.0 Å². The van der Waals surface area contributed by atoms with Crippen molar-refractivity contribution in [3.8, 4) is 0 Å². The lowest BCUT2D eigenvalue weighted by Gasteiger charge is -2.17. The summed E-state index contributed by atoms with van der Waals surface area (Å²) in [6.45, 7) is 3.07. The summed E-state index contributed by atoms with van der Waals surface area (Å²) in [5.74, 6) is 0. The van der Waals surface area contributed by atoms with Gasteiger partial charge in [0.15, 0.2) is 0 Å². The number of nitrogens with zero attached hydrogens (tertiary/aromatic N) is 1. The third kappa shape index (κ3) is 4.65. The van der Waals surface area contributed by atoms with Gasteiger partial charge in [0, 0.05) is 11.6 Å². The quantitative estimate of drug-likeness (QED) is 0.750. The van der Waals surface area contributed by atoms with Crippen LogP contribution in [-0.4, -0.2) is 32.1 Å². The van der Waals surface area contributed by atoms with E-state index in [0.29, 0.717) is 0 Å². The van der Waals surface area contributed by atoms with Crippen LogP contribution in [0.25, 0.3) is 0 Å². The van der Waals surface area contributed by atoms with Crippen molar-refractivity contribution >= 4 is 11.6 Å². The number of nitrogens with one attached hydrogen (secondary N) is 1. The monoisotopic (exact) mass is 226 g/mol. The zero-order valence-electron chi connectivity index (χ0n) is 9.46.